The molecule has 0 aliphatic rings. The second-order valence-corrected chi connectivity index (χ2v) is 4.20. The van der Waals surface area contributed by atoms with E-state index in [-0.39, 0.29) is 11.9 Å². The number of hydrogen-bond acceptors (Lipinski definition) is 6. The van der Waals surface area contributed by atoms with Crippen LogP contribution in [0.4, 0.5) is 0 Å². The molecule has 0 aromatic rings. The highest BCUT2D eigenvalue weighted by Crippen LogP contribution is 2.03. The van der Waals surface area contributed by atoms with Gasteiger partial charge >= 0.3 is 11.9 Å². The van der Waals surface area contributed by atoms with Gasteiger partial charge in [0.15, 0.2) is 0 Å². The minimum Gasteiger partial charge on any atom is -0.466 e. The molecule has 0 unspecified atom stereocenters. The maximum absolute atomic E-state index is 11.4. The Balaban J connectivity index is 4.20. The molecule has 0 aliphatic carbocycles. The molecule has 0 radical (unpaired) electrons. The van der Waals surface area contributed by atoms with Gasteiger partial charge in [-0.1, -0.05) is 13.8 Å². The van der Waals surface area contributed by atoms with Crippen LogP contribution in [0.5, 0.6) is 0 Å². The Morgan fingerprint density at radius 1 is 0.750 bits per heavy atom. The third-order valence-electron chi connectivity index (χ3n) is 2.89. The van der Waals surface area contributed by atoms with Gasteiger partial charge in [-0.3, -0.25) is 9.59 Å². The number of ether oxygens (including phenoxy) is 2. The first kappa shape index (κ1) is 18.9. The lowest BCUT2D eigenvalue weighted by Gasteiger charge is -2.33. The molecule has 0 heterocycles. The van der Waals surface area contributed by atoms with Crippen LogP contribution in [-0.4, -0.2) is 61.3 Å². The first-order valence-electron chi connectivity index (χ1n) is 7.39. The van der Waals surface area contributed by atoms with Crippen molar-refractivity contribution >= 4 is 11.9 Å². The fourth-order valence-corrected chi connectivity index (χ4v) is 1.91. The lowest BCUT2D eigenvalue weighted by molar-refractivity contribution is -0.147. The van der Waals surface area contributed by atoms with E-state index in [9.17, 15) is 9.59 Å². The molecule has 0 bridgehead atoms. The molecule has 6 heteroatoms. The number of esters is 2. The van der Waals surface area contributed by atoms with Crippen LogP contribution < -0.4 is 0 Å². The van der Waals surface area contributed by atoms with Gasteiger partial charge in [0.05, 0.1) is 26.1 Å². The molecule has 0 spiro atoms. The predicted molar refractivity (Wildman–Crippen MR) is 77.0 cm³/mol. The molecule has 6 nitrogen and oxygen atoms in total. The van der Waals surface area contributed by atoms with Crippen LogP contribution in [0.3, 0.4) is 0 Å². The molecule has 20 heavy (non-hydrogen) atoms. The van der Waals surface area contributed by atoms with Crippen molar-refractivity contribution in [2.45, 2.75) is 40.5 Å². The SMILES string of the molecule is CCOC(=O)CCN(CC)N(CC)CCC(=O)OCC. The number of hydrogen-bond donors (Lipinski definition) is 0. The van der Waals surface area contributed by atoms with Gasteiger partial charge in [0.1, 0.15) is 0 Å². The van der Waals surface area contributed by atoms with Crippen molar-refractivity contribution in [1.82, 2.24) is 10.0 Å². The Bertz CT molecular complexity index is 256. The number of carbonyl (C=O) groups excluding carboxylic acids is 2. The van der Waals surface area contributed by atoms with E-state index < -0.39 is 0 Å². The summed E-state index contributed by atoms with van der Waals surface area (Å²) in [5.74, 6) is -0.375. The van der Waals surface area contributed by atoms with Gasteiger partial charge in [0, 0.05) is 26.2 Å². The van der Waals surface area contributed by atoms with Gasteiger partial charge < -0.3 is 9.47 Å². The first-order valence-corrected chi connectivity index (χ1v) is 7.39. The molecule has 0 saturated carbocycles. The third-order valence-corrected chi connectivity index (χ3v) is 2.89. The summed E-state index contributed by atoms with van der Waals surface area (Å²) >= 11 is 0. The summed E-state index contributed by atoms with van der Waals surface area (Å²) in [6.45, 7) is 11.2. The second kappa shape index (κ2) is 11.7. The topological polar surface area (TPSA) is 59.1 Å². The second-order valence-electron chi connectivity index (χ2n) is 4.20. The monoisotopic (exact) mass is 288 g/mol. The van der Waals surface area contributed by atoms with Gasteiger partial charge in [-0.2, -0.15) is 0 Å². The lowest BCUT2D eigenvalue weighted by Crippen LogP contribution is -2.44. The molecule has 0 aromatic carbocycles. The highest BCUT2D eigenvalue weighted by molar-refractivity contribution is 5.69. The summed E-state index contributed by atoms with van der Waals surface area (Å²) in [7, 11) is 0. The molecule has 0 aromatic heterocycles. The van der Waals surface area contributed by atoms with Gasteiger partial charge in [-0.25, -0.2) is 10.0 Å². The van der Waals surface area contributed by atoms with Crippen molar-refractivity contribution in [2.24, 2.45) is 0 Å². The highest BCUT2D eigenvalue weighted by atomic mass is 16.5. The summed E-state index contributed by atoms with van der Waals surface area (Å²) in [6.07, 6.45) is 0.717. The van der Waals surface area contributed by atoms with E-state index in [0.29, 0.717) is 39.1 Å². The Labute approximate surface area is 122 Å². The van der Waals surface area contributed by atoms with E-state index in [2.05, 4.69) is 10.0 Å². The molecule has 118 valence electrons. The van der Waals surface area contributed by atoms with Crippen molar-refractivity contribution < 1.29 is 19.1 Å². The van der Waals surface area contributed by atoms with Crippen LogP contribution >= 0.6 is 0 Å². The van der Waals surface area contributed by atoms with Crippen molar-refractivity contribution in [3.05, 3.63) is 0 Å². The summed E-state index contributed by atoms with van der Waals surface area (Å²) in [5.41, 5.74) is 0. The zero-order valence-corrected chi connectivity index (χ0v) is 13.2. The molecule has 0 rings (SSSR count). The molecular formula is C14H28N2O4. The number of nitrogens with zero attached hydrogens (tertiary/aromatic N) is 2. The van der Waals surface area contributed by atoms with Crippen molar-refractivity contribution in [3.8, 4) is 0 Å². The normalized spacial score (nSPS) is 10.9. The molecule has 0 fully saturated rings. The van der Waals surface area contributed by atoms with Crippen LogP contribution in [0.15, 0.2) is 0 Å². The average Bonchev–Trinajstić information content (AvgIpc) is 2.43. The van der Waals surface area contributed by atoms with Crippen molar-refractivity contribution in [1.29, 1.82) is 0 Å². The standard InChI is InChI=1S/C14H28N2O4/c1-5-15(11-9-13(17)19-7-3)16(6-2)12-10-14(18)20-8-4/h5-12H2,1-4H3. The van der Waals surface area contributed by atoms with E-state index in [1.807, 2.05) is 13.8 Å². The lowest BCUT2D eigenvalue weighted by atomic mass is 10.4. The summed E-state index contributed by atoms with van der Waals surface area (Å²) in [6, 6.07) is 0. The average molecular weight is 288 g/mol. The molecule has 0 amide bonds. The van der Waals surface area contributed by atoms with Gasteiger partial charge in [0.25, 0.3) is 0 Å². The first-order chi connectivity index (χ1) is 9.58. The Hall–Kier alpha value is -1.14. The summed E-state index contributed by atoms with van der Waals surface area (Å²) < 4.78 is 9.84. The Kier molecular flexibility index (Phi) is 11.0. The van der Waals surface area contributed by atoms with E-state index in [1.165, 1.54) is 0 Å². The minimum absolute atomic E-state index is 0.188. The maximum Gasteiger partial charge on any atom is 0.307 e. The molecule has 0 saturated heterocycles. The van der Waals surface area contributed by atoms with Crippen LogP contribution in [-0.2, 0) is 19.1 Å². The highest BCUT2D eigenvalue weighted by Gasteiger charge is 2.15. The predicted octanol–water partition coefficient (Wildman–Crippen LogP) is 1.45. The third kappa shape index (κ3) is 8.12. The number of rotatable bonds is 11. The van der Waals surface area contributed by atoms with Crippen LogP contribution in [0.2, 0.25) is 0 Å². The van der Waals surface area contributed by atoms with E-state index in [1.54, 1.807) is 13.8 Å². The van der Waals surface area contributed by atoms with Gasteiger partial charge in [-0.05, 0) is 13.8 Å². The quantitative estimate of drug-likeness (QED) is 0.424. The van der Waals surface area contributed by atoms with Crippen LogP contribution in [0.1, 0.15) is 40.5 Å². The fourth-order valence-electron chi connectivity index (χ4n) is 1.91. The fraction of sp³-hybridized carbons (Fsp3) is 0.857. The number of carbonyl (C=O) groups is 2. The zero-order chi connectivity index (χ0) is 15.4. The van der Waals surface area contributed by atoms with E-state index in [0.717, 1.165) is 13.1 Å². The molecule has 0 N–H and O–H groups in total. The molecule has 0 atom stereocenters. The minimum atomic E-state index is -0.188. The number of hydrazine groups is 1. The Morgan fingerprint density at radius 2 is 1.10 bits per heavy atom. The molecular weight excluding hydrogens is 260 g/mol. The smallest absolute Gasteiger partial charge is 0.307 e. The van der Waals surface area contributed by atoms with Crippen LogP contribution in [0.25, 0.3) is 0 Å². The van der Waals surface area contributed by atoms with Crippen LogP contribution in [0, 0.1) is 0 Å². The largest absolute Gasteiger partial charge is 0.466 e. The van der Waals surface area contributed by atoms with Crippen molar-refractivity contribution in [3.63, 3.8) is 0 Å². The maximum atomic E-state index is 11.4. The Morgan fingerprint density at radius 3 is 1.35 bits per heavy atom. The van der Waals surface area contributed by atoms with Crippen molar-refractivity contribution in [2.75, 3.05) is 39.4 Å². The van der Waals surface area contributed by atoms with Gasteiger partial charge in [0.2, 0.25) is 0 Å². The van der Waals surface area contributed by atoms with E-state index in [4.69, 9.17) is 9.47 Å². The summed E-state index contributed by atoms with van der Waals surface area (Å²) in [4.78, 5) is 22.8. The molecule has 0 aliphatic heterocycles. The summed E-state index contributed by atoms with van der Waals surface area (Å²) in [5, 5.41) is 4.13. The zero-order valence-electron chi connectivity index (χ0n) is 13.2. The van der Waals surface area contributed by atoms with E-state index >= 15 is 0 Å². The van der Waals surface area contributed by atoms with Gasteiger partial charge in [-0.15, -0.1) is 0 Å².